The topological polar surface area (TPSA) is 178 Å². The van der Waals surface area contributed by atoms with E-state index < -0.39 is 34.4 Å². The fourth-order valence-electron chi connectivity index (χ4n) is 6.49. The summed E-state index contributed by atoms with van der Waals surface area (Å²) < 4.78 is 44.5. The average Bonchev–Trinajstić information content (AvgIpc) is 3.70. The van der Waals surface area contributed by atoms with Crippen LogP contribution in [-0.4, -0.2) is 62.6 Å². The number of aromatic nitrogens is 4. The van der Waals surface area contributed by atoms with E-state index in [2.05, 4.69) is 32.5 Å². The molecule has 2 heterocycles. The lowest BCUT2D eigenvalue weighted by atomic mass is 9.91. The number of sulfonamides is 1. The van der Waals surface area contributed by atoms with Crippen molar-refractivity contribution in [2.75, 3.05) is 11.1 Å². The molecular weight excluding hydrogens is 765 g/mol. The normalized spacial score (nSPS) is 18.9. The molecule has 4 N–H and O–H groups in total. The predicted octanol–water partition coefficient (Wildman–Crippen LogP) is 6.28. The van der Waals surface area contributed by atoms with Gasteiger partial charge in [-0.25, -0.2) is 8.42 Å². The minimum absolute atomic E-state index is 0.0620. The number of carbonyl (C=O) groups excluding carboxylic acids is 1. The van der Waals surface area contributed by atoms with Crippen molar-refractivity contribution >= 4 is 33.4 Å². The van der Waals surface area contributed by atoms with Crippen LogP contribution in [0.4, 0.5) is 5.69 Å². The molecule has 5 atom stereocenters. The van der Waals surface area contributed by atoms with Crippen molar-refractivity contribution in [3.63, 3.8) is 0 Å². The summed E-state index contributed by atoms with van der Waals surface area (Å²) in [6.45, 7) is 3.84. The van der Waals surface area contributed by atoms with Crippen molar-refractivity contribution in [1.82, 2.24) is 24.9 Å². The van der Waals surface area contributed by atoms with E-state index in [1.807, 2.05) is 67.6 Å². The van der Waals surface area contributed by atoms with Gasteiger partial charge in [-0.2, -0.15) is 9.40 Å². The highest BCUT2D eigenvalue weighted by atomic mass is 32.2. The number of thioether (sulfide) groups is 1. The number of hydrogen-bond donors (Lipinski definition) is 4. The zero-order chi connectivity index (χ0) is 39.9. The SMILES string of the molecule is Cc1ccc(S(=O)(=O)N[C@H](Cc2ccccc2)C(=O)Nc2cccc(C3O[C@H](CSc4nnnn4-c4ccc(O)cc4)[C@H](C)[C@H](c4ccc(CO)cc4)O3)c2)cc1. The van der Waals surface area contributed by atoms with E-state index in [9.17, 15) is 23.4 Å². The number of nitrogens with zero attached hydrogens (tertiary/aromatic N) is 4. The zero-order valence-corrected chi connectivity index (χ0v) is 32.8. The molecule has 0 aliphatic carbocycles. The lowest BCUT2D eigenvalue weighted by Crippen LogP contribution is -2.45. The van der Waals surface area contributed by atoms with Crippen LogP contribution in [0.25, 0.3) is 5.69 Å². The quantitative estimate of drug-likeness (QED) is 0.0912. The molecule has 5 aromatic carbocycles. The number of hydrogen-bond acceptors (Lipinski definition) is 11. The molecule has 1 aromatic heterocycles. The van der Waals surface area contributed by atoms with Crippen LogP contribution < -0.4 is 10.0 Å². The molecule has 1 amide bonds. The summed E-state index contributed by atoms with van der Waals surface area (Å²) in [4.78, 5) is 14.0. The number of ether oxygens (including phenoxy) is 2. The molecule has 6 aromatic rings. The molecule has 0 saturated carbocycles. The van der Waals surface area contributed by atoms with E-state index in [-0.39, 0.29) is 35.7 Å². The Morgan fingerprint density at radius 2 is 1.61 bits per heavy atom. The highest BCUT2D eigenvalue weighted by Gasteiger charge is 2.39. The predicted molar refractivity (Wildman–Crippen MR) is 215 cm³/mol. The highest BCUT2D eigenvalue weighted by molar-refractivity contribution is 7.99. The Kier molecular flexibility index (Phi) is 12.4. The second-order valence-electron chi connectivity index (χ2n) is 13.8. The molecule has 0 radical (unpaired) electrons. The van der Waals surface area contributed by atoms with Crippen molar-refractivity contribution in [1.29, 1.82) is 0 Å². The maximum atomic E-state index is 13.9. The number of nitrogens with one attached hydrogen (secondary N) is 2. The number of phenolic OH excluding ortho intramolecular Hbond substituents is 1. The number of aromatic hydroxyl groups is 1. The lowest BCUT2D eigenvalue weighted by Gasteiger charge is -2.41. The molecule has 294 valence electrons. The molecular formula is C42H42N6O7S2. The Bertz CT molecular complexity index is 2380. The van der Waals surface area contributed by atoms with Gasteiger partial charge < -0.3 is 25.0 Å². The van der Waals surface area contributed by atoms with Crippen LogP contribution in [-0.2, 0) is 37.3 Å². The van der Waals surface area contributed by atoms with Crippen LogP contribution in [0.2, 0.25) is 0 Å². The smallest absolute Gasteiger partial charge is 0.242 e. The third-order valence-corrected chi connectivity index (χ3v) is 12.2. The summed E-state index contributed by atoms with van der Waals surface area (Å²) in [7, 11) is -4.04. The fourth-order valence-corrected chi connectivity index (χ4v) is 8.74. The van der Waals surface area contributed by atoms with E-state index in [4.69, 9.17) is 9.47 Å². The number of carbonyl (C=O) groups is 1. The maximum Gasteiger partial charge on any atom is 0.242 e. The van der Waals surface area contributed by atoms with Gasteiger partial charge in [0.2, 0.25) is 21.1 Å². The van der Waals surface area contributed by atoms with E-state index in [1.165, 1.54) is 23.9 Å². The third-order valence-electron chi connectivity index (χ3n) is 9.69. The van der Waals surface area contributed by atoms with Gasteiger partial charge in [0.15, 0.2) is 6.29 Å². The second kappa shape index (κ2) is 17.8. The Morgan fingerprint density at radius 3 is 2.33 bits per heavy atom. The molecule has 57 heavy (non-hydrogen) atoms. The van der Waals surface area contributed by atoms with Crippen molar-refractivity contribution in [3.05, 3.63) is 155 Å². The minimum atomic E-state index is -4.04. The number of phenols is 1. The van der Waals surface area contributed by atoms with Gasteiger partial charge in [-0.1, -0.05) is 103 Å². The summed E-state index contributed by atoms with van der Waals surface area (Å²) >= 11 is 1.42. The van der Waals surface area contributed by atoms with Gasteiger partial charge in [0.1, 0.15) is 11.8 Å². The van der Waals surface area contributed by atoms with Crippen molar-refractivity contribution in [2.45, 2.75) is 61.5 Å². The first-order chi connectivity index (χ1) is 27.6. The number of benzene rings is 5. The number of aliphatic hydroxyl groups is 1. The fraction of sp³-hybridized carbons (Fsp3) is 0.238. The zero-order valence-electron chi connectivity index (χ0n) is 31.2. The van der Waals surface area contributed by atoms with E-state index in [1.54, 1.807) is 59.3 Å². The molecule has 0 spiro atoms. The van der Waals surface area contributed by atoms with Crippen LogP contribution in [0.5, 0.6) is 5.75 Å². The summed E-state index contributed by atoms with van der Waals surface area (Å²) in [5, 5.41) is 35.1. The molecule has 1 fully saturated rings. The summed E-state index contributed by atoms with van der Waals surface area (Å²) in [6, 6.07) is 35.8. The lowest BCUT2D eigenvalue weighted by molar-refractivity contribution is -0.268. The third kappa shape index (κ3) is 9.76. The molecule has 1 aliphatic rings. The van der Waals surface area contributed by atoms with Crippen molar-refractivity contribution in [3.8, 4) is 11.4 Å². The van der Waals surface area contributed by atoms with Gasteiger partial charge in [-0.15, -0.1) is 5.10 Å². The Labute approximate surface area is 335 Å². The average molecular weight is 807 g/mol. The van der Waals surface area contributed by atoms with E-state index in [0.29, 0.717) is 27.8 Å². The summed E-state index contributed by atoms with van der Waals surface area (Å²) in [5.41, 5.74) is 5.14. The number of aryl methyl sites for hydroxylation is 1. The first-order valence-corrected chi connectivity index (χ1v) is 20.8. The molecule has 15 heteroatoms. The Balaban J connectivity index is 1.13. The van der Waals surface area contributed by atoms with Crippen LogP contribution in [0, 0.1) is 12.8 Å². The number of tetrazole rings is 1. The number of rotatable bonds is 14. The molecule has 7 rings (SSSR count). The molecule has 0 bridgehead atoms. The molecule has 1 unspecified atom stereocenters. The Morgan fingerprint density at radius 1 is 0.877 bits per heavy atom. The van der Waals surface area contributed by atoms with E-state index in [0.717, 1.165) is 22.3 Å². The number of amides is 1. The maximum absolute atomic E-state index is 13.9. The van der Waals surface area contributed by atoms with Crippen molar-refractivity contribution < 1.29 is 32.9 Å². The number of anilines is 1. The molecule has 13 nitrogen and oxygen atoms in total. The second-order valence-corrected chi connectivity index (χ2v) is 16.5. The first kappa shape index (κ1) is 39.8. The van der Waals surface area contributed by atoms with Crippen molar-refractivity contribution in [2.24, 2.45) is 5.92 Å². The van der Waals surface area contributed by atoms with Gasteiger partial charge in [-0.3, -0.25) is 4.79 Å². The van der Waals surface area contributed by atoms with E-state index >= 15 is 0 Å². The van der Waals surface area contributed by atoms with Crippen LogP contribution in [0.1, 0.15) is 47.1 Å². The highest BCUT2D eigenvalue weighted by Crippen LogP contribution is 2.43. The standard InChI is InChI=1S/C42H42N6O7S2/c1-27-11-21-36(22-12-27)57(52,53)45-37(23-29-7-4-3-5-8-29)40(51)43-33-10-6-9-32(24-33)41-54-38(28(2)39(55-41)31-15-13-30(25-49)14-16-31)26-56-42-44-46-47-48(42)34-17-19-35(50)20-18-34/h3-22,24,28,37-39,41,45,49-50H,23,25-26H2,1-2H3,(H,43,51)/t28-,37+,38+,39+,41?/m0/s1. The molecule has 1 saturated heterocycles. The Hall–Kier alpha value is -5.42. The minimum Gasteiger partial charge on any atom is -0.508 e. The first-order valence-electron chi connectivity index (χ1n) is 18.3. The van der Waals surface area contributed by atoms with Crippen LogP contribution in [0.15, 0.2) is 137 Å². The molecule has 1 aliphatic heterocycles. The van der Waals surface area contributed by atoms with Gasteiger partial charge in [0.25, 0.3) is 0 Å². The van der Waals surface area contributed by atoms with Crippen LogP contribution >= 0.6 is 11.8 Å². The van der Waals surface area contributed by atoms with Gasteiger partial charge >= 0.3 is 0 Å². The monoisotopic (exact) mass is 806 g/mol. The summed E-state index contributed by atoms with van der Waals surface area (Å²) in [6.07, 6.45) is -1.48. The van der Waals surface area contributed by atoms with Gasteiger partial charge in [-0.05, 0) is 89.0 Å². The number of aliphatic hydroxyl groups excluding tert-OH is 1. The van der Waals surface area contributed by atoms with Gasteiger partial charge in [0, 0.05) is 22.9 Å². The largest absolute Gasteiger partial charge is 0.508 e. The van der Waals surface area contributed by atoms with Gasteiger partial charge in [0.05, 0.1) is 29.4 Å². The van der Waals surface area contributed by atoms with Crippen LogP contribution in [0.3, 0.4) is 0 Å². The summed E-state index contributed by atoms with van der Waals surface area (Å²) in [5.74, 6) is -0.0696.